The average Bonchev–Trinajstić information content (AvgIpc) is 2.83. The Labute approximate surface area is 112 Å². The molecule has 0 bridgehead atoms. The number of carbonyl (C=O) groups is 1. The van der Waals surface area contributed by atoms with Crippen LogP contribution in [0.2, 0.25) is 0 Å². The van der Waals surface area contributed by atoms with Gasteiger partial charge in [-0.1, -0.05) is 31.6 Å². The van der Waals surface area contributed by atoms with E-state index in [2.05, 4.69) is 6.92 Å². The summed E-state index contributed by atoms with van der Waals surface area (Å²) in [4.78, 5) is 10.6. The number of rotatable bonds is 5. The molecule has 100 valence electrons. The van der Waals surface area contributed by atoms with Crippen LogP contribution in [0.1, 0.15) is 25.3 Å². The van der Waals surface area contributed by atoms with E-state index in [1.54, 1.807) is 6.08 Å². The summed E-state index contributed by atoms with van der Waals surface area (Å²) in [6.45, 7) is 2.31. The third-order valence-electron chi connectivity index (χ3n) is 2.73. The molecular formula is C15H16O4. The van der Waals surface area contributed by atoms with E-state index in [1.807, 2.05) is 24.3 Å². The van der Waals surface area contributed by atoms with Gasteiger partial charge >= 0.3 is 5.97 Å². The van der Waals surface area contributed by atoms with Crippen LogP contribution in [0.4, 0.5) is 0 Å². The highest BCUT2D eigenvalue weighted by Crippen LogP contribution is 2.33. The zero-order chi connectivity index (χ0) is 13.7. The largest absolute Gasteiger partial charge is 0.478 e. The molecular weight excluding hydrogens is 244 g/mol. The van der Waals surface area contributed by atoms with Gasteiger partial charge in [-0.2, -0.15) is 0 Å². The van der Waals surface area contributed by atoms with Crippen LogP contribution in [-0.2, 0) is 4.79 Å². The molecule has 0 saturated carbocycles. The molecule has 0 spiro atoms. The Morgan fingerprint density at radius 3 is 2.84 bits per heavy atom. The normalized spacial score (nSPS) is 14.1. The number of allylic oxidation sites excluding steroid dienone is 2. The highest BCUT2D eigenvalue weighted by molar-refractivity contribution is 5.80. The summed E-state index contributed by atoms with van der Waals surface area (Å²) < 4.78 is 10.6. The summed E-state index contributed by atoms with van der Waals surface area (Å²) in [7, 11) is 0. The van der Waals surface area contributed by atoms with Gasteiger partial charge in [0, 0.05) is 6.08 Å². The summed E-state index contributed by atoms with van der Waals surface area (Å²) in [5.41, 5.74) is 1.95. The second-order valence-electron chi connectivity index (χ2n) is 4.25. The zero-order valence-corrected chi connectivity index (χ0v) is 10.8. The van der Waals surface area contributed by atoms with Gasteiger partial charge < -0.3 is 14.6 Å². The fraction of sp³-hybridized carbons (Fsp3) is 0.267. The number of hydrogen-bond donors (Lipinski definition) is 1. The molecule has 1 aliphatic rings. The van der Waals surface area contributed by atoms with Crippen LogP contribution in [-0.4, -0.2) is 17.9 Å². The zero-order valence-electron chi connectivity index (χ0n) is 10.8. The Morgan fingerprint density at radius 2 is 2.11 bits per heavy atom. The van der Waals surface area contributed by atoms with Crippen LogP contribution in [0, 0.1) is 0 Å². The van der Waals surface area contributed by atoms with Crippen LogP contribution in [0.15, 0.2) is 35.9 Å². The Kier molecular flexibility index (Phi) is 4.23. The monoisotopic (exact) mass is 260 g/mol. The molecule has 0 saturated heterocycles. The average molecular weight is 260 g/mol. The van der Waals surface area contributed by atoms with Crippen molar-refractivity contribution in [3.05, 3.63) is 41.5 Å². The summed E-state index contributed by atoms with van der Waals surface area (Å²) in [6.07, 6.45) is 6.55. The van der Waals surface area contributed by atoms with Gasteiger partial charge in [0.2, 0.25) is 6.79 Å². The first-order chi connectivity index (χ1) is 9.19. The molecule has 4 nitrogen and oxygen atoms in total. The van der Waals surface area contributed by atoms with E-state index in [4.69, 9.17) is 14.6 Å². The number of aliphatic carboxylic acids is 1. The summed E-state index contributed by atoms with van der Waals surface area (Å²) in [5.74, 6) is 0.537. The lowest BCUT2D eigenvalue weighted by Gasteiger charge is -2.02. The van der Waals surface area contributed by atoms with Crippen LogP contribution in [0.5, 0.6) is 11.5 Å². The minimum Gasteiger partial charge on any atom is -0.478 e. The van der Waals surface area contributed by atoms with Crippen molar-refractivity contribution in [1.82, 2.24) is 0 Å². The van der Waals surface area contributed by atoms with E-state index in [-0.39, 0.29) is 6.79 Å². The van der Waals surface area contributed by atoms with Gasteiger partial charge in [0.05, 0.1) is 0 Å². The summed E-state index contributed by atoms with van der Waals surface area (Å²) >= 11 is 0. The molecule has 0 aromatic heterocycles. The number of carboxylic acid groups (broad SMARTS) is 1. The molecule has 0 aliphatic carbocycles. The molecule has 4 heteroatoms. The molecule has 2 rings (SSSR count). The standard InChI is InChI=1S/C15H16O4/c1-2-3-11(5-7-15(16)17)8-12-4-6-13-14(9-12)19-10-18-13/h4-9H,2-3,10H2,1H3,(H,16,17). The van der Waals surface area contributed by atoms with Crippen molar-refractivity contribution in [3.8, 4) is 11.5 Å². The number of carboxylic acids is 1. The van der Waals surface area contributed by atoms with Crippen LogP contribution in [0.25, 0.3) is 6.08 Å². The first-order valence-corrected chi connectivity index (χ1v) is 6.20. The van der Waals surface area contributed by atoms with Crippen molar-refractivity contribution in [2.75, 3.05) is 6.79 Å². The summed E-state index contributed by atoms with van der Waals surface area (Å²) in [5, 5.41) is 8.67. The van der Waals surface area contributed by atoms with Gasteiger partial charge in [0.1, 0.15) is 0 Å². The SMILES string of the molecule is CCCC(C=CC(=O)O)=Cc1ccc2c(c1)OCO2. The van der Waals surface area contributed by atoms with Gasteiger partial charge in [0.25, 0.3) is 0 Å². The van der Waals surface area contributed by atoms with Gasteiger partial charge in [-0.3, -0.25) is 0 Å². The van der Waals surface area contributed by atoms with Crippen LogP contribution in [0.3, 0.4) is 0 Å². The first-order valence-electron chi connectivity index (χ1n) is 6.20. The molecule has 1 aliphatic heterocycles. The predicted molar refractivity (Wildman–Crippen MR) is 72.2 cm³/mol. The molecule has 1 heterocycles. The lowest BCUT2D eigenvalue weighted by Crippen LogP contribution is -1.92. The molecule has 1 aromatic rings. The number of benzene rings is 1. The molecule has 1 N–H and O–H groups in total. The quantitative estimate of drug-likeness (QED) is 0.652. The molecule has 19 heavy (non-hydrogen) atoms. The highest BCUT2D eigenvalue weighted by atomic mass is 16.7. The lowest BCUT2D eigenvalue weighted by molar-refractivity contribution is -0.131. The molecule has 0 fully saturated rings. The maximum absolute atomic E-state index is 10.6. The van der Waals surface area contributed by atoms with Gasteiger partial charge in [-0.25, -0.2) is 4.79 Å². The number of fused-ring (bicyclic) bond motifs is 1. The van der Waals surface area contributed by atoms with Crippen molar-refractivity contribution >= 4 is 12.0 Å². The number of hydrogen-bond acceptors (Lipinski definition) is 3. The van der Waals surface area contributed by atoms with E-state index >= 15 is 0 Å². The Morgan fingerprint density at radius 1 is 1.32 bits per heavy atom. The van der Waals surface area contributed by atoms with Crippen LogP contribution >= 0.6 is 0 Å². The van der Waals surface area contributed by atoms with E-state index < -0.39 is 5.97 Å². The lowest BCUT2D eigenvalue weighted by atomic mass is 10.1. The second-order valence-corrected chi connectivity index (χ2v) is 4.25. The molecule has 0 unspecified atom stereocenters. The third-order valence-corrected chi connectivity index (χ3v) is 2.73. The molecule has 0 radical (unpaired) electrons. The minimum absolute atomic E-state index is 0.253. The van der Waals surface area contributed by atoms with E-state index in [9.17, 15) is 4.79 Å². The highest BCUT2D eigenvalue weighted by Gasteiger charge is 2.12. The Balaban J connectivity index is 2.22. The van der Waals surface area contributed by atoms with E-state index in [0.717, 1.165) is 41.6 Å². The molecule has 0 amide bonds. The fourth-order valence-corrected chi connectivity index (χ4v) is 1.89. The van der Waals surface area contributed by atoms with Gasteiger partial charge in [0.15, 0.2) is 11.5 Å². The van der Waals surface area contributed by atoms with Gasteiger partial charge in [-0.05, 0) is 29.7 Å². The Hall–Kier alpha value is -2.23. The van der Waals surface area contributed by atoms with Crippen molar-refractivity contribution in [2.45, 2.75) is 19.8 Å². The van der Waals surface area contributed by atoms with Crippen molar-refractivity contribution < 1.29 is 19.4 Å². The smallest absolute Gasteiger partial charge is 0.328 e. The maximum atomic E-state index is 10.6. The van der Waals surface area contributed by atoms with Gasteiger partial charge in [-0.15, -0.1) is 0 Å². The van der Waals surface area contributed by atoms with E-state index in [0.29, 0.717) is 0 Å². The van der Waals surface area contributed by atoms with Crippen molar-refractivity contribution in [3.63, 3.8) is 0 Å². The number of ether oxygens (including phenoxy) is 2. The first kappa shape index (κ1) is 13.2. The maximum Gasteiger partial charge on any atom is 0.328 e. The minimum atomic E-state index is -0.937. The summed E-state index contributed by atoms with van der Waals surface area (Å²) in [6, 6.07) is 5.68. The topological polar surface area (TPSA) is 55.8 Å². The molecule has 0 atom stereocenters. The van der Waals surface area contributed by atoms with Crippen molar-refractivity contribution in [2.24, 2.45) is 0 Å². The third kappa shape index (κ3) is 3.61. The van der Waals surface area contributed by atoms with Crippen molar-refractivity contribution in [1.29, 1.82) is 0 Å². The molecule has 1 aromatic carbocycles. The second kappa shape index (κ2) is 6.09. The van der Waals surface area contributed by atoms with E-state index in [1.165, 1.54) is 0 Å². The Bertz CT molecular complexity index is 529. The van der Waals surface area contributed by atoms with Crippen LogP contribution < -0.4 is 9.47 Å². The predicted octanol–water partition coefficient (Wildman–Crippen LogP) is 3.24. The fourth-order valence-electron chi connectivity index (χ4n) is 1.89.